The van der Waals surface area contributed by atoms with E-state index in [9.17, 15) is 4.79 Å². The van der Waals surface area contributed by atoms with Crippen molar-refractivity contribution in [1.29, 1.82) is 0 Å². The number of rotatable bonds is 1. The summed E-state index contributed by atoms with van der Waals surface area (Å²) < 4.78 is 5.99. The van der Waals surface area contributed by atoms with Crippen molar-refractivity contribution in [1.82, 2.24) is 15.2 Å². The van der Waals surface area contributed by atoms with E-state index in [1.165, 1.54) is 0 Å². The van der Waals surface area contributed by atoms with Crippen LogP contribution in [0, 0.1) is 0 Å². The summed E-state index contributed by atoms with van der Waals surface area (Å²) >= 11 is 0. The molecule has 5 nitrogen and oxygen atoms in total. The molecule has 1 aromatic carbocycles. The second-order valence-corrected chi connectivity index (χ2v) is 6.25. The number of ether oxygens (including phenoxy) is 1. The fraction of sp³-hybridized carbons (Fsp3) is 0.471. The molecule has 0 bridgehead atoms. The molecule has 2 N–H and O–H groups in total. The van der Waals surface area contributed by atoms with E-state index >= 15 is 0 Å². The highest BCUT2D eigenvalue weighted by molar-refractivity contribution is 6.06. The average molecular weight is 299 g/mol. The Kier molecular flexibility index (Phi) is 3.39. The van der Waals surface area contributed by atoms with Crippen LogP contribution in [0.3, 0.4) is 0 Å². The zero-order valence-corrected chi connectivity index (χ0v) is 12.6. The van der Waals surface area contributed by atoms with Gasteiger partial charge in [0.15, 0.2) is 0 Å². The van der Waals surface area contributed by atoms with E-state index in [1.54, 1.807) is 0 Å². The van der Waals surface area contributed by atoms with Gasteiger partial charge in [0, 0.05) is 43.3 Å². The molecule has 2 aromatic rings. The van der Waals surface area contributed by atoms with Crippen molar-refractivity contribution in [3.8, 4) is 0 Å². The Balaban J connectivity index is 1.50. The number of amides is 1. The number of H-pyrrole nitrogens is 1. The maximum atomic E-state index is 12.8. The molecule has 0 saturated carbocycles. The summed E-state index contributed by atoms with van der Waals surface area (Å²) in [7, 11) is 0. The van der Waals surface area contributed by atoms with Gasteiger partial charge in [-0.25, -0.2) is 0 Å². The Bertz CT molecular complexity index is 678. The fourth-order valence-corrected chi connectivity index (χ4v) is 3.56. The quantitative estimate of drug-likeness (QED) is 0.843. The molecule has 3 heterocycles. The number of aromatic amines is 1. The number of carbonyl (C=O) groups excluding carboxylic acids is 1. The third-order valence-corrected chi connectivity index (χ3v) is 4.92. The lowest BCUT2D eigenvalue weighted by Crippen LogP contribution is -2.56. The first-order valence-electron chi connectivity index (χ1n) is 7.98. The predicted octanol–water partition coefficient (Wildman–Crippen LogP) is 1.76. The number of carbonyl (C=O) groups is 1. The maximum absolute atomic E-state index is 12.8. The van der Waals surface area contributed by atoms with Gasteiger partial charge in [-0.2, -0.15) is 0 Å². The largest absolute Gasteiger partial charge is 0.372 e. The Morgan fingerprint density at radius 1 is 1.23 bits per heavy atom. The molecular formula is C17H21N3O2. The summed E-state index contributed by atoms with van der Waals surface area (Å²) in [6.07, 6.45) is 3.65. The summed E-state index contributed by atoms with van der Waals surface area (Å²) in [5.74, 6) is 0.121. The van der Waals surface area contributed by atoms with E-state index < -0.39 is 0 Å². The van der Waals surface area contributed by atoms with Crippen molar-refractivity contribution in [3.05, 3.63) is 36.0 Å². The summed E-state index contributed by atoms with van der Waals surface area (Å²) in [4.78, 5) is 17.9. The molecular weight excluding hydrogens is 278 g/mol. The predicted molar refractivity (Wildman–Crippen MR) is 85.0 cm³/mol. The van der Waals surface area contributed by atoms with Crippen LogP contribution in [0.2, 0.25) is 0 Å². The SMILES string of the molecule is O=C(c1c[nH]c2ccccc12)N1CCC2(CC1)CNCCO2. The van der Waals surface area contributed by atoms with Crippen LogP contribution < -0.4 is 5.32 Å². The number of aromatic nitrogens is 1. The number of benzene rings is 1. The van der Waals surface area contributed by atoms with Crippen LogP contribution in [0.5, 0.6) is 0 Å². The molecule has 0 unspecified atom stereocenters. The van der Waals surface area contributed by atoms with E-state index in [-0.39, 0.29) is 11.5 Å². The second kappa shape index (κ2) is 5.41. The molecule has 1 aromatic heterocycles. The molecule has 4 rings (SSSR count). The molecule has 5 heteroatoms. The van der Waals surface area contributed by atoms with Crippen molar-refractivity contribution >= 4 is 16.8 Å². The van der Waals surface area contributed by atoms with Gasteiger partial charge in [0.05, 0.1) is 17.8 Å². The lowest BCUT2D eigenvalue weighted by molar-refractivity contribution is -0.0954. The van der Waals surface area contributed by atoms with Crippen molar-refractivity contribution in [2.24, 2.45) is 0 Å². The Morgan fingerprint density at radius 3 is 2.82 bits per heavy atom. The number of nitrogens with one attached hydrogen (secondary N) is 2. The van der Waals surface area contributed by atoms with Crippen molar-refractivity contribution in [2.75, 3.05) is 32.8 Å². The standard InChI is InChI=1S/C17H21N3O2/c21-16(14-11-19-15-4-2-1-3-13(14)15)20-8-5-17(6-9-20)12-18-7-10-22-17/h1-4,11,18-19H,5-10,12H2. The summed E-state index contributed by atoms with van der Waals surface area (Å²) in [6.45, 7) is 4.14. The third-order valence-electron chi connectivity index (χ3n) is 4.92. The van der Waals surface area contributed by atoms with E-state index in [0.717, 1.165) is 62.1 Å². The van der Waals surface area contributed by atoms with Crippen LogP contribution in [-0.2, 0) is 4.74 Å². The molecule has 1 spiro atoms. The van der Waals surface area contributed by atoms with Crippen LogP contribution in [-0.4, -0.2) is 54.2 Å². The number of likely N-dealkylation sites (tertiary alicyclic amines) is 1. The molecule has 0 atom stereocenters. The number of fused-ring (bicyclic) bond motifs is 1. The smallest absolute Gasteiger partial charge is 0.256 e. The van der Waals surface area contributed by atoms with Gasteiger partial charge in [-0.1, -0.05) is 18.2 Å². The highest BCUT2D eigenvalue weighted by Gasteiger charge is 2.38. The Morgan fingerprint density at radius 2 is 2.05 bits per heavy atom. The first kappa shape index (κ1) is 13.8. The highest BCUT2D eigenvalue weighted by Crippen LogP contribution is 2.29. The molecule has 0 aliphatic carbocycles. The molecule has 22 heavy (non-hydrogen) atoms. The minimum absolute atomic E-state index is 0.0603. The van der Waals surface area contributed by atoms with Gasteiger partial charge < -0.3 is 19.9 Å². The van der Waals surface area contributed by atoms with Gasteiger partial charge in [0.1, 0.15) is 0 Å². The minimum atomic E-state index is -0.0603. The first-order valence-corrected chi connectivity index (χ1v) is 7.98. The van der Waals surface area contributed by atoms with E-state index in [0.29, 0.717) is 0 Å². The van der Waals surface area contributed by atoms with Crippen LogP contribution in [0.15, 0.2) is 30.5 Å². The Hall–Kier alpha value is -1.85. The molecule has 2 aliphatic rings. The summed E-state index contributed by atoms with van der Waals surface area (Å²) in [5, 5.41) is 4.41. The van der Waals surface area contributed by atoms with Crippen LogP contribution in [0.4, 0.5) is 0 Å². The number of hydrogen-bond acceptors (Lipinski definition) is 3. The van der Waals surface area contributed by atoms with E-state index in [1.807, 2.05) is 35.4 Å². The number of hydrogen-bond donors (Lipinski definition) is 2. The maximum Gasteiger partial charge on any atom is 0.256 e. The van der Waals surface area contributed by atoms with Crippen molar-refractivity contribution < 1.29 is 9.53 Å². The van der Waals surface area contributed by atoms with Crippen molar-refractivity contribution in [2.45, 2.75) is 18.4 Å². The van der Waals surface area contributed by atoms with E-state index in [2.05, 4.69) is 10.3 Å². The highest BCUT2D eigenvalue weighted by atomic mass is 16.5. The minimum Gasteiger partial charge on any atom is -0.372 e. The van der Waals surface area contributed by atoms with Crippen LogP contribution >= 0.6 is 0 Å². The third kappa shape index (κ3) is 2.30. The number of morpholine rings is 1. The van der Waals surface area contributed by atoms with Gasteiger partial charge in [0.25, 0.3) is 5.91 Å². The second-order valence-electron chi connectivity index (χ2n) is 6.25. The fourth-order valence-electron chi connectivity index (χ4n) is 3.56. The van der Waals surface area contributed by atoms with Gasteiger partial charge >= 0.3 is 0 Å². The Labute approximate surface area is 129 Å². The van der Waals surface area contributed by atoms with Crippen molar-refractivity contribution in [3.63, 3.8) is 0 Å². The molecule has 1 amide bonds. The average Bonchev–Trinajstić information content (AvgIpc) is 3.00. The number of piperidine rings is 1. The van der Waals surface area contributed by atoms with Gasteiger partial charge in [-0.3, -0.25) is 4.79 Å². The van der Waals surface area contributed by atoms with Gasteiger partial charge in [0.2, 0.25) is 0 Å². The zero-order chi connectivity index (χ0) is 15.0. The number of para-hydroxylation sites is 1. The normalized spacial score (nSPS) is 21.4. The molecule has 2 aliphatic heterocycles. The topological polar surface area (TPSA) is 57.4 Å². The lowest BCUT2D eigenvalue weighted by Gasteiger charge is -2.44. The van der Waals surface area contributed by atoms with E-state index in [4.69, 9.17) is 4.74 Å². The van der Waals surface area contributed by atoms with Crippen LogP contribution in [0.1, 0.15) is 23.2 Å². The van der Waals surface area contributed by atoms with Crippen LogP contribution in [0.25, 0.3) is 10.9 Å². The summed E-state index contributed by atoms with van der Waals surface area (Å²) in [6, 6.07) is 7.95. The van der Waals surface area contributed by atoms with Gasteiger partial charge in [-0.05, 0) is 18.9 Å². The number of nitrogens with zero attached hydrogens (tertiary/aromatic N) is 1. The first-order chi connectivity index (χ1) is 10.8. The van der Waals surface area contributed by atoms with Gasteiger partial charge in [-0.15, -0.1) is 0 Å². The monoisotopic (exact) mass is 299 g/mol. The lowest BCUT2D eigenvalue weighted by atomic mass is 9.89. The molecule has 0 radical (unpaired) electrons. The zero-order valence-electron chi connectivity index (χ0n) is 12.6. The molecule has 2 saturated heterocycles. The molecule has 116 valence electrons. The molecule has 2 fully saturated rings. The summed E-state index contributed by atoms with van der Waals surface area (Å²) in [5.41, 5.74) is 1.73.